The molecule has 0 saturated heterocycles. The lowest BCUT2D eigenvalue weighted by Crippen LogP contribution is -2.28. The number of hydrogen-bond donors (Lipinski definition) is 1. The first-order valence-electron chi connectivity index (χ1n) is 7.84. The van der Waals surface area contributed by atoms with Gasteiger partial charge < -0.3 is 9.84 Å². The number of amides is 1. The first kappa shape index (κ1) is 18.5. The summed E-state index contributed by atoms with van der Waals surface area (Å²) in [7, 11) is 1.26. The van der Waals surface area contributed by atoms with E-state index in [1.165, 1.54) is 7.05 Å². The van der Waals surface area contributed by atoms with Gasteiger partial charge in [0, 0.05) is 30.6 Å². The molecule has 0 aliphatic carbocycles. The molecule has 142 valence electrons. The Morgan fingerprint density at radius 2 is 2.07 bits per heavy atom. The molecule has 0 saturated carbocycles. The maximum Gasteiger partial charge on any atom is 0.435 e. The van der Waals surface area contributed by atoms with Crippen LogP contribution in [0.3, 0.4) is 0 Å². The number of nitrogens with one attached hydrogen (secondary N) is 1. The Morgan fingerprint density at radius 1 is 1.33 bits per heavy atom. The molecule has 8 nitrogen and oxygen atoms in total. The van der Waals surface area contributed by atoms with E-state index in [1.54, 1.807) is 25.3 Å². The normalized spacial score (nSPS) is 12.8. The quantitative estimate of drug-likeness (QED) is 0.747. The van der Waals surface area contributed by atoms with Crippen LogP contribution in [0.25, 0.3) is 11.4 Å². The number of halogens is 3. The van der Waals surface area contributed by atoms with Gasteiger partial charge in [0.05, 0.1) is 0 Å². The van der Waals surface area contributed by atoms with Crippen molar-refractivity contribution in [3.05, 3.63) is 47.4 Å². The molecule has 3 rings (SSSR count). The van der Waals surface area contributed by atoms with E-state index in [0.717, 1.165) is 10.4 Å². The van der Waals surface area contributed by atoms with Crippen molar-refractivity contribution in [1.82, 2.24) is 30.2 Å². The van der Waals surface area contributed by atoms with Crippen molar-refractivity contribution in [2.45, 2.75) is 26.1 Å². The number of carbonyl (C=O) groups excluding carboxylic acids is 1. The second kappa shape index (κ2) is 6.82. The zero-order chi connectivity index (χ0) is 19.8. The third-order valence-corrected chi connectivity index (χ3v) is 3.72. The van der Waals surface area contributed by atoms with Gasteiger partial charge in [0.15, 0.2) is 5.69 Å². The van der Waals surface area contributed by atoms with E-state index in [-0.39, 0.29) is 11.6 Å². The number of rotatable bonds is 4. The van der Waals surface area contributed by atoms with Gasteiger partial charge in [0.25, 0.3) is 5.91 Å². The molecule has 0 bridgehead atoms. The molecule has 0 aliphatic rings. The number of alkyl halides is 3. The highest BCUT2D eigenvalue weighted by atomic mass is 19.4. The molecule has 3 aromatic rings. The predicted molar refractivity (Wildman–Crippen MR) is 86.4 cm³/mol. The summed E-state index contributed by atoms with van der Waals surface area (Å²) in [6, 6.07) is 3.44. The highest BCUT2D eigenvalue weighted by Gasteiger charge is 2.35. The minimum absolute atomic E-state index is 0.117. The van der Waals surface area contributed by atoms with Crippen LogP contribution in [-0.2, 0) is 13.2 Å². The fourth-order valence-corrected chi connectivity index (χ4v) is 2.36. The fraction of sp³-hybridized carbons (Fsp3) is 0.312. The number of carbonyl (C=O) groups is 1. The Bertz CT molecular complexity index is 979. The monoisotopic (exact) mass is 380 g/mol. The van der Waals surface area contributed by atoms with Crippen LogP contribution in [0.5, 0.6) is 0 Å². The first-order valence-corrected chi connectivity index (χ1v) is 7.84. The second-order valence-corrected chi connectivity index (χ2v) is 5.87. The molecule has 11 heteroatoms. The number of hydrogen-bond acceptors (Lipinski definition) is 6. The summed E-state index contributed by atoms with van der Waals surface area (Å²) in [6.45, 7) is 3.39. The van der Waals surface area contributed by atoms with Crippen molar-refractivity contribution < 1.29 is 22.5 Å². The molecule has 1 N–H and O–H groups in total. The topological polar surface area (TPSA) is 98.7 Å². The maximum absolute atomic E-state index is 12.7. The standard InChI is InChI=1S/C16H15F3N6O2/c1-8-6-10(4-5-20-8)13-22-15(27-24-13)9(2)21-14(26)11-7-12(16(17,18)19)23-25(11)3/h4-7,9H,1-3H3,(H,21,26)/t9-/m1/s1. The molecule has 0 fully saturated rings. The van der Waals surface area contributed by atoms with Crippen molar-refractivity contribution in [3.8, 4) is 11.4 Å². The van der Waals surface area contributed by atoms with E-state index < -0.39 is 23.8 Å². The van der Waals surface area contributed by atoms with Gasteiger partial charge in [-0.25, -0.2) is 0 Å². The molecule has 0 unspecified atom stereocenters. The molecule has 0 aromatic carbocycles. The van der Waals surface area contributed by atoms with E-state index in [9.17, 15) is 18.0 Å². The summed E-state index contributed by atoms with van der Waals surface area (Å²) in [4.78, 5) is 20.6. The van der Waals surface area contributed by atoms with Crippen molar-refractivity contribution in [1.29, 1.82) is 0 Å². The summed E-state index contributed by atoms with van der Waals surface area (Å²) < 4.78 is 44.2. The number of nitrogens with zero attached hydrogens (tertiary/aromatic N) is 5. The molecule has 0 radical (unpaired) electrons. The Labute approximate surface area is 151 Å². The van der Waals surface area contributed by atoms with Gasteiger partial charge >= 0.3 is 6.18 Å². The van der Waals surface area contributed by atoms with Crippen LogP contribution in [0.1, 0.15) is 40.7 Å². The molecule has 0 aliphatic heterocycles. The summed E-state index contributed by atoms with van der Waals surface area (Å²) in [6.07, 6.45) is -3.03. The molecule has 27 heavy (non-hydrogen) atoms. The summed E-state index contributed by atoms with van der Waals surface area (Å²) in [5, 5.41) is 9.68. The summed E-state index contributed by atoms with van der Waals surface area (Å²) in [5.41, 5.74) is 0.0870. The second-order valence-electron chi connectivity index (χ2n) is 5.87. The minimum atomic E-state index is -4.63. The van der Waals surface area contributed by atoms with Gasteiger partial charge in [-0.05, 0) is 26.0 Å². The molecule has 0 spiro atoms. The summed E-state index contributed by atoms with van der Waals surface area (Å²) >= 11 is 0. The SMILES string of the molecule is Cc1cc(-c2noc([C@@H](C)NC(=O)c3cc(C(F)(F)F)nn3C)n2)ccn1. The zero-order valence-corrected chi connectivity index (χ0v) is 14.6. The largest absolute Gasteiger partial charge is 0.435 e. The van der Waals surface area contributed by atoms with E-state index >= 15 is 0 Å². The van der Waals surface area contributed by atoms with E-state index in [2.05, 4.69) is 25.5 Å². The van der Waals surface area contributed by atoms with Gasteiger partial charge in [-0.15, -0.1) is 0 Å². The molecule has 3 heterocycles. The molecular formula is C16H15F3N6O2. The van der Waals surface area contributed by atoms with Crippen LogP contribution in [0.4, 0.5) is 13.2 Å². The molecule has 1 amide bonds. The predicted octanol–water partition coefficient (Wildman–Crippen LogP) is 2.68. The smallest absolute Gasteiger partial charge is 0.339 e. The lowest BCUT2D eigenvalue weighted by atomic mass is 10.2. The van der Waals surface area contributed by atoms with E-state index in [4.69, 9.17) is 4.52 Å². The van der Waals surface area contributed by atoms with Gasteiger partial charge in [0.1, 0.15) is 11.7 Å². The number of aryl methyl sites for hydroxylation is 2. The average Bonchev–Trinajstić information content (AvgIpc) is 3.21. The van der Waals surface area contributed by atoms with Crippen molar-refractivity contribution in [2.75, 3.05) is 0 Å². The first-order chi connectivity index (χ1) is 12.6. The maximum atomic E-state index is 12.7. The van der Waals surface area contributed by atoms with Gasteiger partial charge in [-0.3, -0.25) is 14.5 Å². The van der Waals surface area contributed by atoms with Crippen LogP contribution in [0, 0.1) is 6.92 Å². The van der Waals surface area contributed by atoms with Gasteiger partial charge in [-0.2, -0.15) is 23.3 Å². The Morgan fingerprint density at radius 3 is 2.70 bits per heavy atom. The lowest BCUT2D eigenvalue weighted by molar-refractivity contribution is -0.141. The van der Waals surface area contributed by atoms with Crippen molar-refractivity contribution in [2.24, 2.45) is 7.05 Å². The third-order valence-electron chi connectivity index (χ3n) is 3.72. The minimum Gasteiger partial charge on any atom is -0.339 e. The summed E-state index contributed by atoms with van der Waals surface area (Å²) in [5.74, 6) is -0.310. The number of pyridine rings is 1. The van der Waals surface area contributed by atoms with Gasteiger partial charge in [0.2, 0.25) is 11.7 Å². The van der Waals surface area contributed by atoms with Crippen molar-refractivity contribution >= 4 is 5.91 Å². The molecule has 3 aromatic heterocycles. The average molecular weight is 380 g/mol. The Kier molecular flexibility index (Phi) is 4.68. The van der Waals surface area contributed by atoms with Crippen LogP contribution in [0.15, 0.2) is 28.9 Å². The third kappa shape index (κ3) is 3.96. The Balaban J connectivity index is 1.75. The zero-order valence-electron chi connectivity index (χ0n) is 14.6. The van der Waals surface area contributed by atoms with Crippen LogP contribution in [0.2, 0.25) is 0 Å². The van der Waals surface area contributed by atoms with E-state index in [1.807, 2.05) is 6.92 Å². The lowest BCUT2D eigenvalue weighted by Gasteiger charge is -2.09. The van der Waals surface area contributed by atoms with Crippen LogP contribution in [-0.4, -0.2) is 30.8 Å². The van der Waals surface area contributed by atoms with Gasteiger partial charge in [-0.1, -0.05) is 5.16 Å². The highest BCUT2D eigenvalue weighted by Crippen LogP contribution is 2.28. The Hall–Kier alpha value is -3.24. The fourth-order valence-electron chi connectivity index (χ4n) is 2.36. The van der Waals surface area contributed by atoms with Crippen LogP contribution >= 0.6 is 0 Å². The molecule has 1 atom stereocenters. The number of aromatic nitrogens is 5. The van der Waals surface area contributed by atoms with E-state index in [0.29, 0.717) is 17.5 Å². The van der Waals surface area contributed by atoms with Crippen molar-refractivity contribution in [3.63, 3.8) is 0 Å². The van der Waals surface area contributed by atoms with Crippen LogP contribution < -0.4 is 5.32 Å². The molecular weight excluding hydrogens is 365 g/mol. The highest BCUT2D eigenvalue weighted by molar-refractivity contribution is 5.92.